The monoisotopic (exact) mass is 361 g/mol. The zero-order valence-electron chi connectivity index (χ0n) is 12.1. The van der Waals surface area contributed by atoms with Gasteiger partial charge in [0.2, 0.25) is 6.41 Å². The summed E-state index contributed by atoms with van der Waals surface area (Å²) in [5.41, 5.74) is 5.89. The van der Waals surface area contributed by atoms with Gasteiger partial charge in [0.05, 0.1) is 5.02 Å². The van der Waals surface area contributed by atoms with E-state index in [4.69, 9.17) is 17.3 Å². The van der Waals surface area contributed by atoms with Crippen LogP contribution in [0.1, 0.15) is 6.42 Å². The molecule has 1 aliphatic heterocycles. The maximum absolute atomic E-state index is 11.9. The van der Waals surface area contributed by atoms with Gasteiger partial charge in [-0.05, 0) is 18.6 Å². The first kappa shape index (κ1) is 19.1. The molecule has 0 aliphatic carbocycles. The van der Waals surface area contributed by atoms with Gasteiger partial charge in [0.1, 0.15) is 5.82 Å². The van der Waals surface area contributed by atoms with Gasteiger partial charge in [0, 0.05) is 31.4 Å². The summed E-state index contributed by atoms with van der Waals surface area (Å²) < 4.78 is 0. The minimum absolute atomic E-state index is 0. The number of hydrogen-bond donors (Lipinski definition) is 3. The standard InChI is InChI=1S/C13H16ClN5O3.ClH/c14-8-1-2-11(16-5-8)18-13(22)12(21)17-10-3-4-19(7-20)6-9(10)15;/h1-2,5,7,9-10H,3-4,6,15H2,(H,17,21)(H,16,18,22);1H/t9-,10+;/m1./s1. The Labute approximate surface area is 144 Å². The van der Waals surface area contributed by atoms with Crippen molar-refractivity contribution < 1.29 is 14.4 Å². The molecule has 3 amide bonds. The van der Waals surface area contributed by atoms with Gasteiger partial charge in [-0.15, -0.1) is 12.4 Å². The molecular formula is C13H17Cl2N5O3. The van der Waals surface area contributed by atoms with Crippen LogP contribution < -0.4 is 16.4 Å². The molecule has 2 heterocycles. The van der Waals surface area contributed by atoms with Crippen LogP contribution >= 0.6 is 24.0 Å². The van der Waals surface area contributed by atoms with Crippen molar-refractivity contribution in [1.29, 1.82) is 0 Å². The number of nitrogens with two attached hydrogens (primary N) is 1. The molecule has 2 atom stereocenters. The predicted octanol–water partition coefficient (Wildman–Crippen LogP) is -0.231. The fourth-order valence-corrected chi connectivity index (χ4v) is 2.25. The molecule has 126 valence electrons. The Balaban J connectivity index is 0.00000264. The maximum atomic E-state index is 11.9. The second-order valence-electron chi connectivity index (χ2n) is 4.95. The number of carbonyl (C=O) groups excluding carboxylic acids is 3. The summed E-state index contributed by atoms with van der Waals surface area (Å²) in [5.74, 6) is -1.40. The molecule has 8 nitrogen and oxygen atoms in total. The molecule has 0 aromatic carbocycles. The quantitative estimate of drug-likeness (QED) is 0.507. The highest BCUT2D eigenvalue weighted by atomic mass is 35.5. The van der Waals surface area contributed by atoms with E-state index in [-0.39, 0.29) is 24.3 Å². The molecule has 1 aliphatic rings. The summed E-state index contributed by atoms with van der Waals surface area (Å²) in [4.78, 5) is 39.7. The normalized spacial score (nSPS) is 20.2. The zero-order valence-corrected chi connectivity index (χ0v) is 13.6. The third-order valence-corrected chi connectivity index (χ3v) is 3.55. The van der Waals surface area contributed by atoms with Crippen molar-refractivity contribution in [3.05, 3.63) is 23.4 Å². The molecular weight excluding hydrogens is 345 g/mol. The van der Waals surface area contributed by atoms with E-state index in [2.05, 4.69) is 15.6 Å². The van der Waals surface area contributed by atoms with Gasteiger partial charge in [-0.2, -0.15) is 0 Å². The molecule has 0 spiro atoms. The van der Waals surface area contributed by atoms with E-state index in [1.807, 2.05) is 0 Å². The Morgan fingerprint density at radius 3 is 2.70 bits per heavy atom. The molecule has 1 fully saturated rings. The van der Waals surface area contributed by atoms with Crippen LogP contribution in [0.2, 0.25) is 5.02 Å². The Bertz CT molecular complexity index is 569. The molecule has 0 radical (unpaired) electrons. The van der Waals surface area contributed by atoms with Gasteiger partial charge in [-0.25, -0.2) is 4.98 Å². The molecule has 0 unspecified atom stereocenters. The van der Waals surface area contributed by atoms with E-state index in [1.165, 1.54) is 17.2 Å². The first-order valence-corrected chi connectivity index (χ1v) is 7.05. The van der Waals surface area contributed by atoms with E-state index in [1.54, 1.807) is 6.07 Å². The molecule has 1 aromatic rings. The van der Waals surface area contributed by atoms with Crippen molar-refractivity contribution >= 4 is 48.1 Å². The van der Waals surface area contributed by atoms with Crippen LogP contribution in [-0.4, -0.2) is 53.3 Å². The zero-order chi connectivity index (χ0) is 16.1. The van der Waals surface area contributed by atoms with E-state index in [9.17, 15) is 14.4 Å². The van der Waals surface area contributed by atoms with Gasteiger partial charge in [-0.1, -0.05) is 11.6 Å². The molecule has 0 bridgehead atoms. The number of pyridine rings is 1. The lowest BCUT2D eigenvalue weighted by atomic mass is 10.0. The summed E-state index contributed by atoms with van der Waals surface area (Å²) >= 11 is 5.68. The Morgan fingerprint density at radius 1 is 1.39 bits per heavy atom. The van der Waals surface area contributed by atoms with Crippen molar-refractivity contribution in [2.75, 3.05) is 18.4 Å². The Kier molecular flexibility index (Phi) is 7.21. The van der Waals surface area contributed by atoms with Crippen LogP contribution in [0, 0.1) is 0 Å². The van der Waals surface area contributed by atoms with Crippen molar-refractivity contribution in [3.8, 4) is 0 Å². The SMILES string of the molecule is Cl.N[C@@H]1CN(C=O)CC[C@@H]1NC(=O)C(=O)Nc1ccc(Cl)cn1. The fourth-order valence-electron chi connectivity index (χ4n) is 2.14. The highest BCUT2D eigenvalue weighted by molar-refractivity contribution is 6.39. The number of aromatic nitrogens is 1. The van der Waals surface area contributed by atoms with Crippen LogP contribution in [0.5, 0.6) is 0 Å². The number of halogens is 2. The van der Waals surface area contributed by atoms with Crippen molar-refractivity contribution in [3.63, 3.8) is 0 Å². The van der Waals surface area contributed by atoms with E-state index in [0.717, 1.165) is 6.41 Å². The topological polar surface area (TPSA) is 117 Å². The maximum Gasteiger partial charge on any atom is 0.314 e. The third kappa shape index (κ3) is 5.34. The van der Waals surface area contributed by atoms with E-state index in [0.29, 0.717) is 24.5 Å². The van der Waals surface area contributed by atoms with Crippen LogP contribution in [0.15, 0.2) is 18.3 Å². The van der Waals surface area contributed by atoms with Gasteiger partial charge >= 0.3 is 11.8 Å². The lowest BCUT2D eigenvalue weighted by Gasteiger charge is -2.34. The predicted molar refractivity (Wildman–Crippen MR) is 87.3 cm³/mol. The van der Waals surface area contributed by atoms with Crippen molar-refractivity contribution in [2.45, 2.75) is 18.5 Å². The lowest BCUT2D eigenvalue weighted by Crippen LogP contribution is -2.58. The Morgan fingerprint density at radius 2 is 2.13 bits per heavy atom. The number of nitrogens with zero attached hydrogens (tertiary/aromatic N) is 2. The Hall–Kier alpha value is -1.90. The average Bonchev–Trinajstić information content (AvgIpc) is 2.51. The summed E-state index contributed by atoms with van der Waals surface area (Å²) in [6.45, 7) is 0.831. The highest BCUT2D eigenvalue weighted by Crippen LogP contribution is 2.10. The molecule has 23 heavy (non-hydrogen) atoms. The van der Waals surface area contributed by atoms with Gasteiger partial charge in [0.15, 0.2) is 0 Å². The summed E-state index contributed by atoms with van der Waals surface area (Å²) in [7, 11) is 0. The van der Waals surface area contributed by atoms with E-state index >= 15 is 0 Å². The van der Waals surface area contributed by atoms with Crippen LogP contribution in [0.4, 0.5) is 5.82 Å². The highest BCUT2D eigenvalue weighted by Gasteiger charge is 2.28. The molecule has 1 aromatic heterocycles. The lowest BCUT2D eigenvalue weighted by molar-refractivity contribution is -0.137. The van der Waals surface area contributed by atoms with Crippen molar-refractivity contribution in [2.24, 2.45) is 5.73 Å². The van der Waals surface area contributed by atoms with Gasteiger partial charge < -0.3 is 21.3 Å². The minimum Gasteiger partial charge on any atom is -0.344 e. The number of carbonyl (C=O) groups is 3. The van der Waals surface area contributed by atoms with E-state index < -0.39 is 17.9 Å². The van der Waals surface area contributed by atoms with Gasteiger partial charge in [0.25, 0.3) is 0 Å². The summed E-state index contributed by atoms with van der Waals surface area (Å²) in [6.07, 6.45) is 2.58. The van der Waals surface area contributed by atoms with Crippen LogP contribution in [0.3, 0.4) is 0 Å². The second-order valence-corrected chi connectivity index (χ2v) is 5.39. The van der Waals surface area contributed by atoms with Crippen molar-refractivity contribution in [1.82, 2.24) is 15.2 Å². The number of nitrogens with one attached hydrogen (secondary N) is 2. The molecule has 4 N–H and O–H groups in total. The summed E-state index contributed by atoms with van der Waals surface area (Å²) in [6, 6.07) is 2.27. The molecule has 2 rings (SSSR count). The van der Waals surface area contributed by atoms with Gasteiger partial charge in [-0.3, -0.25) is 14.4 Å². The first-order valence-electron chi connectivity index (χ1n) is 6.68. The number of hydrogen-bond acceptors (Lipinski definition) is 5. The summed E-state index contributed by atoms with van der Waals surface area (Å²) in [5, 5.41) is 5.36. The molecule has 0 saturated carbocycles. The number of amides is 3. The smallest absolute Gasteiger partial charge is 0.314 e. The second kappa shape index (κ2) is 8.66. The van der Waals surface area contributed by atoms with Crippen LogP contribution in [0.25, 0.3) is 0 Å². The molecule has 10 heteroatoms. The first-order chi connectivity index (χ1) is 10.5. The molecule has 1 saturated heterocycles. The third-order valence-electron chi connectivity index (χ3n) is 3.33. The number of likely N-dealkylation sites (tertiary alicyclic amines) is 1. The number of rotatable bonds is 3. The number of anilines is 1. The fraction of sp³-hybridized carbons (Fsp3) is 0.385. The minimum atomic E-state index is -0.833. The average molecular weight is 362 g/mol. The van der Waals surface area contributed by atoms with Crippen LogP contribution in [-0.2, 0) is 14.4 Å². The number of piperidine rings is 1. The largest absolute Gasteiger partial charge is 0.344 e.